The van der Waals surface area contributed by atoms with Gasteiger partial charge in [0.2, 0.25) is 0 Å². The highest BCUT2D eigenvalue weighted by Crippen LogP contribution is 2.37. The van der Waals surface area contributed by atoms with Crippen molar-refractivity contribution >= 4 is 28.2 Å². The molecule has 3 rings (SSSR count). The van der Waals surface area contributed by atoms with E-state index in [1.165, 1.54) is 11.3 Å². The van der Waals surface area contributed by atoms with E-state index in [2.05, 4.69) is 12.2 Å². The van der Waals surface area contributed by atoms with Crippen LogP contribution in [0.3, 0.4) is 0 Å². The molecule has 30 heavy (non-hydrogen) atoms. The highest BCUT2D eigenvalue weighted by atomic mass is 32.1. The summed E-state index contributed by atoms with van der Waals surface area (Å²) >= 11 is 1.39. The SMILES string of the molecule is CCOC(=O)c1cc(C(C)c2ccccc2)sc1NC(=O)c1ccccc1OCC. The molecule has 0 saturated heterocycles. The van der Waals surface area contributed by atoms with Crippen LogP contribution < -0.4 is 10.1 Å². The van der Waals surface area contributed by atoms with Crippen LogP contribution in [0.15, 0.2) is 60.7 Å². The second kappa shape index (κ2) is 10.1. The Bertz CT molecular complexity index is 1010. The van der Waals surface area contributed by atoms with E-state index < -0.39 is 5.97 Å². The van der Waals surface area contributed by atoms with Gasteiger partial charge in [0.15, 0.2) is 0 Å². The lowest BCUT2D eigenvalue weighted by atomic mass is 9.99. The molecule has 5 nitrogen and oxygen atoms in total. The summed E-state index contributed by atoms with van der Waals surface area (Å²) in [7, 11) is 0. The molecule has 0 radical (unpaired) electrons. The zero-order chi connectivity index (χ0) is 21.5. The van der Waals surface area contributed by atoms with Crippen molar-refractivity contribution in [3.63, 3.8) is 0 Å². The first-order chi connectivity index (χ1) is 14.5. The van der Waals surface area contributed by atoms with Gasteiger partial charge in [-0.2, -0.15) is 0 Å². The van der Waals surface area contributed by atoms with Crippen molar-refractivity contribution in [1.29, 1.82) is 0 Å². The van der Waals surface area contributed by atoms with Gasteiger partial charge in [-0.05, 0) is 37.6 Å². The standard InChI is InChI=1S/C24H25NO4S/c1-4-28-20-14-10-9-13-18(20)22(26)25-23-19(24(27)29-5-2)15-21(30-23)16(3)17-11-7-6-8-12-17/h6-16H,4-5H2,1-3H3,(H,25,26). The van der Waals surface area contributed by atoms with Crippen LogP contribution in [0, 0.1) is 0 Å². The Kier molecular flexibility index (Phi) is 7.25. The summed E-state index contributed by atoms with van der Waals surface area (Å²) < 4.78 is 10.8. The van der Waals surface area contributed by atoms with Crippen LogP contribution in [-0.2, 0) is 4.74 Å². The van der Waals surface area contributed by atoms with Crippen LogP contribution >= 0.6 is 11.3 Å². The van der Waals surface area contributed by atoms with Gasteiger partial charge in [-0.15, -0.1) is 11.3 Å². The van der Waals surface area contributed by atoms with Gasteiger partial charge in [0.25, 0.3) is 5.91 Å². The molecule has 0 bridgehead atoms. The predicted octanol–water partition coefficient (Wildman–Crippen LogP) is 5.73. The number of nitrogens with one attached hydrogen (secondary N) is 1. The Hall–Kier alpha value is -3.12. The highest BCUT2D eigenvalue weighted by molar-refractivity contribution is 7.16. The van der Waals surface area contributed by atoms with Crippen molar-refractivity contribution in [2.45, 2.75) is 26.7 Å². The predicted molar refractivity (Wildman–Crippen MR) is 120 cm³/mol. The van der Waals surface area contributed by atoms with Crippen molar-refractivity contribution in [2.24, 2.45) is 0 Å². The maximum Gasteiger partial charge on any atom is 0.341 e. The van der Waals surface area contributed by atoms with E-state index in [4.69, 9.17) is 9.47 Å². The molecule has 0 aliphatic rings. The van der Waals surface area contributed by atoms with Crippen molar-refractivity contribution in [2.75, 3.05) is 18.5 Å². The quantitative estimate of drug-likeness (QED) is 0.470. The molecule has 1 amide bonds. The lowest BCUT2D eigenvalue weighted by molar-refractivity contribution is 0.0528. The molecule has 0 fully saturated rings. The molecule has 1 N–H and O–H groups in total. The number of esters is 1. The maximum absolute atomic E-state index is 13.0. The smallest absolute Gasteiger partial charge is 0.341 e. The molecule has 1 aromatic heterocycles. The number of hydrogen-bond donors (Lipinski definition) is 1. The third kappa shape index (κ3) is 4.89. The molecule has 1 heterocycles. The lowest BCUT2D eigenvalue weighted by Gasteiger charge is -2.11. The van der Waals surface area contributed by atoms with E-state index in [0.717, 1.165) is 10.4 Å². The monoisotopic (exact) mass is 423 g/mol. The molecule has 3 aromatic rings. The largest absolute Gasteiger partial charge is 0.493 e. The molecule has 0 aliphatic heterocycles. The molecule has 0 aliphatic carbocycles. The van der Waals surface area contributed by atoms with Crippen LogP contribution in [0.1, 0.15) is 57.8 Å². The second-order valence-electron chi connectivity index (χ2n) is 6.63. The van der Waals surface area contributed by atoms with Crippen LogP contribution in [0.25, 0.3) is 0 Å². The average Bonchev–Trinajstić information content (AvgIpc) is 3.18. The molecule has 0 saturated carbocycles. The first-order valence-electron chi connectivity index (χ1n) is 9.94. The summed E-state index contributed by atoms with van der Waals surface area (Å²) in [4.78, 5) is 26.5. The van der Waals surface area contributed by atoms with E-state index in [9.17, 15) is 9.59 Å². The fraction of sp³-hybridized carbons (Fsp3) is 0.250. The van der Waals surface area contributed by atoms with Crippen LogP contribution in [0.5, 0.6) is 5.75 Å². The number of hydrogen-bond acceptors (Lipinski definition) is 5. The summed E-state index contributed by atoms with van der Waals surface area (Å²) in [5.41, 5.74) is 1.91. The summed E-state index contributed by atoms with van der Waals surface area (Å²) in [5.74, 6) is -0.200. The topological polar surface area (TPSA) is 64.6 Å². The molecular weight excluding hydrogens is 398 g/mol. The number of carbonyl (C=O) groups excluding carboxylic acids is 2. The third-order valence-corrected chi connectivity index (χ3v) is 5.86. The Morgan fingerprint density at radius 3 is 2.37 bits per heavy atom. The van der Waals surface area contributed by atoms with Crippen molar-refractivity contribution in [3.05, 3.63) is 82.2 Å². The van der Waals surface area contributed by atoms with Crippen molar-refractivity contribution < 1.29 is 19.1 Å². The molecule has 1 unspecified atom stereocenters. The molecule has 6 heteroatoms. The van der Waals surface area contributed by atoms with Crippen LogP contribution in [-0.4, -0.2) is 25.1 Å². The first kappa shape index (κ1) is 21.6. The second-order valence-corrected chi connectivity index (χ2v) is 7.71. The van der Waals surface area contributed by atoms with Gasteiger partial charge in [0.05, 0.1) is 24.3 Å². The Morgan fingerprint density at radius 2 is 1.67 bits per heavy atom. The summed E-state index contributed by atoms with van der Waals surface area (Å²) in [6.45, 7) is 6.42. The van der Waals surface area contributed by atoms with E-state index >= 15 is 0 Å². The Morgan fingerprint density at radius 1 is 0.967 bits per heavy atom. The molecular formula is C24H25NO4S. The minimum absolute atomic E-state index is 0.0748. The number of para-hydroxylation sites is 1. The molecule has 156 valence electrons. The van der Waals surface area contributed by atoms with Gasteiger partial charge in [-0.3, -0.25) is 4.79 Å². The summed E-state index contributed by atoms with van der Waals surface area (Å²) in [6.07, 6.45) is 0. The van der Waals surface area contributed by atoms with Gasteiger partial charge in [0, 0.05) is 10.8 Å². The minimum atomic E-state index is -0.450. The van der Waals surface area contributed by atoms with E-state index in [-0.39, 0.29) is 18.4 Å². The van der Waals surface area contributed by atoms with Gasteiger partial charge in [-0.25, -0.2) is 4.79 Å². The van der Waals surface area contributed by atoms with Crippen LogP contribution in [0.2, 0.25) is 0 Å². The zero-order valence-corrected chi connectivity index (χ0v) is 18.1. The maximum atomic E-state index is 13.0. The highest BCUT2D eigenvalue weighted by Gasteiger charge is 2.23. The third-order valence-electron chi connectivity index (χ3n) is 4.63. The zero-order valence-electron chi connectivity index (χ0n) is 17.3. The summed E-state index contributed by atoms with van der Waals surface area (Å²) in [5, 5.41) is 3.37. The fourth-order valence-corrected chi connectivity index (χ4v) is 4.21. The molecule has 1 atom stereocenters. The van der Waals surface area contributed by atoms with E-state index in [0.29, 0.717) is 28.5 Å². The number of rotatable bonds is 8. The Balaban J connectivity index is 1.94. The van der Waals surface area contributed by atoms with Crippen molar-refractivity contribution in [1.82, 2.24) is 0 Å². The van der Waals surface area contributed by atoms with E-state index in [1.807, 2.05) is 49.4 Å². The van der Waals surface area contributed by atoms with Gasteiger partial charge in [0.1, 0.15) is 10.8 Å². The molecule has 2 aromatic carbocycles. The van der Waals surface area contributed by atoms with Gasteiger partial charge >= 0.3 is 5.97 Å². The Labute approximate surface area is 180 Å². The number of carbonyl (C=O) groups is 2. The first-order valence-corrected chi connectivity index (χ1v) is 10.8. The lowest BCUT2D eigenvalue weighted by Crippen LogP contribution is -2.15. The summed E-state index contributed by atoms with van der Waals surface area (Å²) in [6, 6.07) is 18.9. The van der Waals surface area contributed by atoms with E-state index in [1.54, 1.807) is 25.1 Å². The number of amides is 1. The van der Waals surface area contributed by atoms with Crippen LogP contribution in [0.4, 0.5) is 5.00 Å². The fourth-order valence-electron chi connectivity index (χ4n) is 3.09. The van der Waals surface area contributed by atoms with Gasteiger partial charge < -0.3 is 14.8 Å². The number of anilines is 1. The minimum Gasteiger partial charge on any atom is -0.493 e. The van der Waals surface area contributed by atoms with Crippen molar-refractivity contribution in [3.8, 4) is 5.75 Å². The number of ether oxygens (including phenoxy) is 2. The van der Waals surface area contributed by atoms with Gasteiger partial charge in [-0.1, -0.05) is 49.4 Å². The number of thiophene rings is 1. The average molecular weight is 424 g/mol. The molecule has 0 spiro atoms. The number of benzene rings is 2. The normalized spacial score (nSPS) is 11.6.